The summed E-state index contributed by atoms with van der Waals surface area (Å²) < 4.78 is 5.49. The largest absolute Gasteiger partial charge is 0.443 e. The van der Waals surface area contributed by atoms with Gasteiger partial charge in [-0.2, -0.15) is 0 Å². The van der Waals surface area contributed by atoms with Crippen LogP contribution in [0.3, 0.4) is 0 Å². The van der Waals surface area contributed by atoms with E-state index in [1.54, 1.807) is 0 Å². The van der Waals surface area contributed by atoms with E-state index in [9.17, 15) is 4.79 Å². The summed E-state index contributed by atoms with van der Waals surface area (Å²) in [6.07, 6.45) is 3.15. The van der Waals surface area contributed by atoms with Gasteiger partial charge in [0.2, 0.25) is 0 Å². The van der Waals surface area contributed by atoms with E-state index in [-0.39, 0.29) is 5.91 Å². The summed E-state index contributed by atoms with van der Waals surface area (Å²) in [5.74, 6) is 0.460. The van der Waals surface area contributed by atoms with E-state index in [1.165, 1.54) is 6.39 Å². The fourth-order valence-electron chi connectivity index (χ4n) is 3.17. The Labute approximate surface area is 152 Å². The Morgan fingerprint density at radius 3 is 2.46 bits per heavy atom. The molecule has 2 aromatic heterocycles. The molecule has 1 fully saturated rings. The van der Waals surface area contributed by atoms with E-state index in [1.807, 2.05) is 59.6 Å². The molecule has 3 aromatic rings. The summed E-state index contributed by atoms with van der Waals surface area (Å²) >= 11 is 0. The second kappa shape index (κ2) is 7.49. The van der Waals surface area contributed by atoms with Crippen LogP contribution in [0.1, 0.15) is 16.2 Å². The molecule has 132 valence electrons. The molecule has 1 amide bonds. The van der Waals surface area contributed by atoms with Crippen LogP contribution in [0, 0.1) is 0 Å². The highest BCUT2D eigenvalue weighted by atomic mass is 16.3. The molecule has 4 rings (SSSR count). The molecule has 1 aliphatic rings. The van der Waals surface area contributed by atoms with E-state index < -0.39 is 0 Å². The summed E-state index contributed by atoms with van der Waals surface area (Å²) in [4.78, 5) is 25.6. The van der Waals surface area contributed by atoms with Gasteiger partial charge in [-0.1, -0.05) is 36.4 Å². The molecular weight excluding hydrogens is 328 g/mol. The van der Waals surface area contributed by atoms with Gasteiger partial charge in [0.25, 0.3) is 5.91 Å². The van der Waals surface area contributed by atoms with Crippen molar-refractivity contribution in [2.75, 3.05) is 26.2 Å². The third kappa shape index (κ3) is 3.50. The fourth-order valence-corrected chi connectivity index (χ4v) is 3.17. The number of rotatable bonds is 4. The first-order valence-corrected chi connectivity index (χ1v) is 8.72. The lowest BCUT2D eigenvalue weighted by atomic mass is 10.1. The predicted octanol–water partition coefficient (Wildman–Crippen LogP) is 2.69. The number of hydrogen-bond donors (Lipinski definition) is 0. The molecule has 1 aliphatic heterocycles. The molecule has 0 unspecified atom stereocenters. The van der Waals surface area contributed by atoms with Gasteiger partial charge in [-0.15, -0.1) is 0 Å². The van der Waals surface area contributed by atoms with Crippen LogP contribution in [0.25, 0.3) is 11.3 Å². The number of benzene rings is 1. The number of piperazine rings is 1. The highest BCUT2D eigenvalue weighted by Gasteiger charge is 2.27. The zero-order chi connectivity index (χ0) is 17.8. The molecule has 26 heavy (non-hydrogen) atoms. The molecule has 0 N–H and O–H groups in total. The maximum atomic E-state index is 12.9. The van der Waals surface area contributed by atoms with Gasteiger partial charge in [-0.25, -0.2) is 4.98 Å². The summed E-state index contributed by atoms with van der Waals surface area (Å²) in [5, 5.41) is 0. The third-order valence-corrected chi connectivity index (χ3v) is 4.58. The average molecular weight is 348 g/mol. The SMILES string of the molecule is O=C(c1ncoc1-c1ccccc1)N1CCN(Cc2ccccn2)CC1. The molecule has 0 bridgehead atoms. The Kier molecular flexibility index (Phi) is 4.75. The number of amides is 1. The molecule has 0 radical (unpaired) electrons. The van der Waals surface area contributed by atoms with Gasteiger partial charge in [-0.3, -0.25) is 14.7 Å². The number of nitrogens with zero attached hydrogens (tertiary/aromatic N) is 4. The lowest BCUT2D eigenvalue weighted by molar-refractivity contribution is 0.0622. The topological polar surface area (TPSA) is 62.5 Å². The van der Waals surface area contributed by atoms with E-state index >= 15 is 0 Å². The highest BCUT2D eigenvalue weighted by molar-refractivity contribution is 5.97. The molecule has 6 nitrogen and oxygen atoms in total. The second-order valence-electron chi connectivity index (χ2n) is 6.29. The molecule has 1 aromatic carbocycles. The molecule has 0 saturated carbocycles. The summed E-state index contributed by atoms with van der Waals surface area (Å²) in [6.45, 7) is 3.79. The lowest BCUT2D eigenvalue weighted by Gasteiger charge is -2.34. The number of oxazole rings is 1. The van der Waals surface area contributed by atoms with Crippen LogP contribution >= 0.6 is 0 Å². The van der Waals surface area contributed by atoms with Crippen molar-refractivity contribution in [3.8, 4) is 11.3 Å². The Balaban J connectivity index is 1.41. The number of carbonyl (C=O) groups is 1. The molecule has 0 spiro atoms. The zero-order valence-electron chi connectivity index (χ0n) is 14.4. The summed E-state index contributed by atoms with van der Waals surface area (Å²) in [5.41, 5.74) is 2.30. The first-order valence-electron chi connectivity index (χ1n) is 8.72. The molecule has 3 heterocycles. The van der Waals surface area contributed by atoms with Crippen LogP contribution in [0.2, 0.25) is 0 Å². The van der Waals surface area contributed by atoms with Crippen molar-refractivity contribution in [2.24, 2.45) is 0 Å². The van der Waals surface area contributed by atoms with Crippen LogP contribution in [-0.4, -0.2) is 51.9 Å². The van der Waals surface area contributed by atoms with Gasteiger partial charge in [0.15, 0.2) is 17.8 Å². The van der Waals surface area contributed by atoms with Crippen molar-refractivity contribution in [3.63, 3.8) is 0 Å². The second-order valence-corrected chi connectivity index (χ2v) is 6.29. The Morgan fingerprint density at radius 2 is 1.73 bits per heavy atom. The van der Waals surface area contributed by atoms with Gasteiger partial charge >= 0.3 is 0 Å². The number of hydrogen-bond acceptors (Lipinski definition) is 5. The van der Waals surface area contributed by atoms with Gasteiger partial charge in [0, 0.05) is 44.5 Å². The fraction of sp³-hybridized carbons (Fsp3) is 0.250. The van der Waals surface area contributed by atoms with E-state index in [0.29, 0.717) is 24.5 Å². The quantitative estimate of drug-likeness (QED) is 0.725. The average Bonchev–Trinajstić information content (AvgIpc) is 3.19. The maximum absolute atomic E-state index is 12.9. The third-order valence-electron chi connectivity index (χ3n) is 4.58. The van der Waals surface area contributed by atoms with Crippen molar-refractivity contribution >= 4 is 5.91 Å². The number of pyridine rings is 1. The van der Waals surface area contributed by atoms with Crippen LogP contribution in [-0.2, 0) is 6.54 Å². The number of aromatic nitrogens is 2. The van der Waals surface area contributed by atoms with Crippen molar-refractivity contribution in [3.05, 3.63) is 72.5 Å². The minimum Gasteiger partial charge on any atom is -0.443 e. The first kappa shape index (κ1) is 16.5. The van der Waals surface area contributed by atoms with Gasteiger partial charge in [-0.05, 0) is 12.1 Å². The molecule has 0 atom stereocenters. The Bertz CT molecular complexity index is 856. The van der Waals surface area contributed by atoms with Gasteiger partial charge in [0.1, 0.15) is 0 Å². The smallest absolute Gasteiger partial charge is 0.276 e. The van der Waals surface area contributed by atoms with Crippen LogP contribution in [0.15, 0.2) is 65.5 Å². The molecule has 6 heteroatoms. The van der Waals surface area contributed by atoms with Crippen LogP contribution in [0.4, 0.5) is 0 Å². The van der Waals surface area contributed by atoms with E-state index in [2.05, 4.69) is 14.9 Å². The van der Waals surface area contributed by atoms with Crippen LogP contribution < -0.4 is 0 Å². The van der Waals surface area contributed by atoms with Crippen molar-refractivity contribution in [1.82, 2.24) is 19.8 Å². The monoisotopic (exact) mass is 348 g/mol. The van der Waals surface area contributed by atoms with Gasteiger partial charge < -0.3 is 9.32 Å². The Hall–Kier alpha value is -2.99. The normalized spacial score (nSPS) is 15.2. The Morgan fingerprint density at radius 1 is 0.962 bits per heavy atom. The minimum absolute atomic E-state index is 0.0740. The standard InChI is InChI=1S/C20H20N4O2/c25-20(18-19(26-15-22-18)16-6-2-1-3-7-16)24-12-10-23(11-13-24)14-17-8-4-5-9-21-17/h1-9,15H,10-14H2. The van der Waals surface area contributed by atoms with Crippen molar-refractivity contribution in [1.29, 1.82) is 0 Å². The number of carbonyl (C=O) groups excluding carboxylic acids is 1. The van der Waals surface area contributed by atoms with Crippen LogP contribution in [0.5, 0.6) is 0 Å². The molecule has 0 aliphatic carbocycles. The maximum Gasteiger partial charge on any atom is 0.276 e. The predicted molar refractivity (Wildman–Crippen MR) is 97.4 cm³/mol. The molecular formula is C20H20N4O2. The van der Waals surface area contributed by atoms with E-state index in [0.717, 1.165) is 30.9 Å². The summed E-state index contributed by atoms with van der Waals surface area (Å²) in [7, 11) is 0. The highest BCUT2D eigenvalue weighted by Crippen LogP contribution is 2.24. The molecule has 1 saturated heterocycles. The van der Waals surface area contributed by atoms with Crippen molar-refractivity contribution in [2.45, 2.75) is 6.54 Å². The summed E-state index contributed by atoms with van der Waals surface area (Å²) in [6, 6.07) is 15.6. The lowest BCUT2D eigenvalue weighted by Crippen LogP contribution is -2.48. The van der Waals surface area contributed by atoms with Gasteiger partial charge in [0.05, 0.1) is 5.69 Å². The zero-order valence-corrected chi connectivity index (χ0v) is 14.4. The minimum atomic E-state index is -0.0740. The van der Waals surface area contributed by atoms with Crippen molar-refractivity contribution < 1.29 is 9.21 Å². The van der Waals surface area contributed by atoms with E-state index in [4.69, 9.17) is 4.42 Å². The first-order chi connectivity index (χ1) is 12.8.